The van der Waals surface area contributed by atoms with Gasteiger partial charge in [-0.15, -0.1) is 0 Å². The van der Waals surface area contributed by atoms with Crippen LogP contribution in [0.15, 0.2) is 24.3 Å². The molecule has 0 bridgehead atoms. The number of hydrogen-bond donors (Lipinski definition) is 1. The Balaban J connectivity index is 1.79. The van der Waals surface area contributed by atoms with Gasteiger partial charge in [-0.1, -0.05) is 25.1 Å². The van der Waals surface area contributed by atoms with E-state index in [1.54, 1.807) is 7.11 Å². The second-order valence-corrected chi connectivity index (χ2v) is 8.25. The molecule has 24 heavy (non-hydrogen) atoms. The summed E-state index contributed by atoms with van der Waals surface area (Å²) in [6.07, 6.45) is 1.03. The van der Waals surface area contributed by atoms with Gasteiger partial charge in [0.1, 0.15) is 5.75 Å². The van der Waals surface area contributed by atoms with Crippen LogP contribution in [0, 0.1) is 0 Å². The minimum atomic E-state index is -2.90. The molecule has 1 aliphatic heterocycles. The van der Waals surface area contributed by atoms with E-state index in [0.717, 1.165) is 17.9 Å². The Bertz CT molecular complexity index is 660. The summed E-state index contributed by atoms with van der Waals surface area (Å²) in [5.74, 6) is 1.18. The Morgan fingerprint density at radius 1 is 1.38 bits per heavy atom. The van der Waals surface area contributed by atoms with Crippen LogP contribution >= 0.6 is 0 Å². The van der Waals surface area contributed by atoms with E-state index in [4.69, 9.17) is 4.74 Å². The van der Waals surface area contributed by atoms with Gasteiger partial charge in [-0.25, -0.2) is 8.42 Å². The SMILES string of the molecule is CCN(CCC(=O)NCc1ccccc1OC)C1CCS(=O)(=O)C1. The van der Waals surface area contributed by atoms with Crippen molar-refractivity contribution in [2.45, 2.75) is 32.4 Å². The fraction of sp³-hybridized carbons (Fsp3) is 0.588. The Labute approximate surface area is 144 Å². The van der Waals surface area contributed by atoms with E-state index in [9.17, 15) is 13.2 Å². The minimum Gasteiger partial charge on any atom is -0.496 e. The first-order valence-electron chi connectivity index (χ1n) is 8.28. The van der Waals surface area contributed by atoms with Crippen LogP contribution < -0.4 is 10.1 Å². The standard InChI is InChI=1S/C17H26N2O4S/c1-3-19(15-9-11-24(21,22)13-15)10-8-17(20)18-12-14-6-4-5-7-16(14)23-2/h4-7,15H,3,8-13H2,1-2H3,(H,18,20). The number of ether oxygens (including phenoxy) is 1. The Kier molecular flexibility index (Phi) is 6.62. The van der Waals surface area contributed by atoms with Gasteiger partial charge >= 0.3 is 0 Å². The van der Waals surface area contributed by atoms with Gasteiger partial charge < -0.3 is 10.1 Å². The Morgan fingerprint density at radius 3 is 2.75 bits per heavy atom. The summed E-state index contributed by atoms with van der Waals surface area (Å²) < 4.78 is 28.5. The summed E-state index contributed by atoms with van der Waals surface area (Å²) in [7, 11) is -1.29. The number of nitrogens with one attached hydrogen (secondary N) is 1. The first kappa shape index (κ1) is 18.7. The lowest BCUT2D eigenvalue weighted by Crippen LogP contribution is -2.38. The van der Waals surface area contributed by atoms with E-state index in [2.05, 4.69) is 10.2 Å². The number of carbonyl (C=O) groups excluding carboxylic acids is 1. The molecule has 6 nitrogen and oxygen atoms in total. The molecular formula is C17H26N2O4S. The molecule has 7 heteroatoms. The van der Waals surface area contributed by atoms with Crippen molar-refractivity contribution in [1.29, 1.82) is 0 Å². The summed E-state index contributed by atoms with van der Waals surface area (Å²) in [5.41, 5.74) is 0.933. The summed E-state index contributed by atoms with van der Waals surface area (Å²) in [4.78, 5) is 14.2. The first-order chi connectivity index (χ1) is 11.4. The molecule has 1 heterocycles. The first-order valence-corrected chi connectivity index (χ1v) is 10.1. The van der Waals surface area contributed by atoms with Crippen molar-refractivity contribution in [2.75, 3.05) is 31.7 Å². The lowest BCUT2D eigenvalue weighted by Gasteiger charge is -2.26. The van der Waals surface area contributed by atoms with Crippen LogP contribution in [-0.2, 0) is 21.2 Å². The molecule has 0 aromatic heterocycles. The third kappa shape index (κ3) is 5.21. The fourth-order valence-electron chi connectivity index (χ4n) is 3.04. The molecule has 2 rings (SSSR count). The molecule has 1 N–H and O–H groups in total. The number of amides is 1. The number of para-hydroxylation sites is 1. The zero-order valence-electron chi connectivity index (χ0n) is 14.3. The zero-order valence-corrected chi connectivity index (χ0v) is 15.1. The average Bonchev–Trinajstić information content (AvgIpc) is 2.93. The highest BCUT2D eigenvalue weighted by Gasteiger charge is 2.31. The second-order valence-electron chi connectivity index (χ2n) is 6.02. The van der Waals surface area contributed by atoms with Crippen molar-refractivity contribution < 1.29 is 17.9 Å². The van der Waals surface area contributed by atoms with Crippen molar-refractivity contribution in [2.24, 2.45) is 0 Å². The normalized spacial score (nSPS) is 19.4. The van der Waals surface area contributed by atoms with Crippen LogP contribution in [0.2, 0.25) is 0 Å². The molecular weight excluding hydrogens is 328 g/mol. The summed E-state index contributed by atoms with van der Waals surface area (Å²) in [5, 5.41) is 2.90. The monoisotopic (exact) mass is 354 g/mol. The Hall–Kier alpha value is -1.60. The summed E-state index contributed by atoms with van der Waals surface area (Å²) >= 11 is 0. The van der Waals surface area contributed by atoms with Crippen LogP contribution in [0.5, 0.6) is 5.75 Å². The van der Waals surface area contributed by atoms with Crippen LogP contribution in [0.25, 0.3) is 0 Å². The maximum absolute atomic E-state index is 12.1. The summed E-state index contributed by atoms with van der Waals surface area (Å²) in [6.45, 7) is 3.75. The third-order valence-corrected chi connectivity index (χ3v) is 6.18. The molecule has 0 spiro atoms. The largest absolute Gasteiger partial charge is 0.496 e. The lowest BCUT2D eigenvalue weighted by molar-refractivity contribution is -0.121. The average molecular weight is 354 g/mol. The van der Waals surface area contributed by atoms with Gasteiger partial charge in [-0.3, -0.25) is 9.69 Å². The highest BCUT2D eigenvalue weighted by Crippen LogP contribution is 2.18. The lowest BCUT2D eigenvalue weighted by atomic mass is 10.2. The van der Waals surface area contributed by atoms with Crippen LogP contribution in [0.3, 0.4) is 0 Å². The molecule has 0 aliphatic carbocycles. The number of nitrogens with zero attached hydrogens (tertiary/aromatic N) is 1. The van der Waals surface area contributed by atoms with Crippen LogP contribution in [0.4, 0.5) is 0 Å². The Morgan fingerprint density at radius 2 is 2.12 bits per heavy atom. The number of benzene rings is 1. The molecule has 1 aromatic rings. The number of sulfone groups is 1. The van der Waals surface area contributed by atoms with E-state index in [0.29, 0.717) is 25.9 Å². The third-order valence-electron chi connectivity index (χ3n) is 4.43. The molecule has 134 valence electrons. The fourth-order valence-corrected chi connectivity index (χ4v) is 4.80. The quantitative estimate of drug-likeness (QED) is 0.759. The van der Waals surface area contributed by atoms with Gasteiger partial charge in [0, 0.05) is 31.1 Å². The van der Waals surface area contributed by atoms with Crippen molar-refractivity contribution >= 4 is 15.7 Å². The molecule has 1 unspecified atom stereocenters. The van der Waals surface area contributed by atoms with Gasteiger partial charge in [0.25, 0.3) is 0 Å². The molecule has 0 radical (unpaired) electrons. The highest BCUT2D eigenvalue weighted by atomic mass is 32.2. The molecule has 0 saturated carbocycles. The summed E-state index contributed by atoms with van der Waals surface area (Å²) in [6, 6.07) is 7.62. The zero-order chi connectivity index (χ0) is 17.6. The topological polar surface area (TPSA) is 75.7 Å². The number of methoxy groups -OCH3 is 1. The van der Waals surface area contributed by atoms with Crippen LogP contribution in [0.1, 0.15) is 25.3 Å². The van der Waals surface area contributed by atoms with Crippen LogP contribution in [-0.4, -0.2) is 57.0 Å². The van der Waals surface area contributed by atoms with Gasteiger partial charge in [0.2, 0.25) is 5.91 Å². The van der Waals surface area contributed by atoms with E-state index >= 15 is 0 Å². The van der Waals surface area contributed by atoms with Gasteiger partial charge in [0.15, 0.2) is 9.84 Å². The molecule has 1 fully saturated rings. The maximum Gasteiger partial charge on any atom is 0.221 e. The highest BCUT2D eigenvalue weighted by molar-refractivity contribution is 7.91. The molecule has 1 aromatic carbocycles. The van der Waals surface area contributed by atoms with Crippen molar-refractivity contribution in [3.63, 3.8) is 0 Å². The van der Waals surface area contributed by atoms with Crippen molar-refractivity contribution in [3.8, 4) is 5.75 Å². The van der Waals surface area contributed by atoms with E-state index in [1.165, 1.54) is 0 Å². The molecule has 1 aliphatic rings. The van der Waals surface area contributed by atoms with Gasteiger partial charge in [0.05, 0.1) is 18.6 Å². The molecule has 1 amide bonds. The molecule has 1 atom stereocenters. The van der Waals surface area contributed by atoms with Crippen molar-refractivity contribution in [1.82, 2.24) is 10.2 Å². The number of hydrogen-bond acceptors (Lipinski definition) is 5. The van der Waals surface area contributed by atoms with Gasteiger partial charge in [-0.05, 0) is 19.0 Å². The predicted molar refractivity (Wildman–Crippen MR) is 93.8 cm³/mol. The smallest absolute Gasteiger partial charge is 0.221 e. The predicted octanol–water partition coefficient (Wildman–Crippen LogP) is 1.21. The minimum absolute atomic E-state index is 0.0415. The maximum atomic E-state index is 12.1. The number of carbonyl (C=O) groups is 1. The van der Waals surface area contributed by atoms with E-state index < -0.39 is 9.84 Å². The van der Waals surface area contributed by atoms with Crippen molar-refractivity contribution in [3.05, 3.63) is 29.8 Å². The van der Waals surface area contributed by atoms with E-state index in [-0.39, 0.29) is 23.5 Å². The second kappa shape index (κ2) is 8.48. The van der Waals surface area contributed by atoms with E-state index in [1.807, 2.05) is 31.2 Å². The molecule has 1 saturated heterocycles. The van der Waals surface area contributed by atoms with Gasteiger partial charge in [-0.2, -0.15) is 0 Å². The number of rotatable bonds is 8.